The number of amides is 1. The average Bonchev–Trinajstić information content (AvgIpc) is 2.90. The van der Waals surface area contributed by atoms with Gasteiger partial charge in [-0.15, -0.1) is 0 Å². The number of carbonyl (C=O) groups excluding carboxylic acids is 1. The normalized spacial score (nSPS) is 14.2. The number of rotatable bonds is 9. The van der Waals surface area contributed by atoms with Crippen molar-refractivity contribution in [2.45, 2.75) is 58.5 Å². The Kier molecular flexibility index (Phi) is 9.92. The summed E-state index contributed by atoms with van der Waals surface area (Å²) in [5, 5.41) is 3.70. The first kappa shape index (κ1) is 29.7. The Labute approximate surface area is 245 Å². The van der Waals surface area contributed by atoms with Crippen LogP contribution in [0.4, 0.5) is 22.0 Å². The highest BCUT2D eigenvalue weighted by atomic mass is 35.5. The van der Waals surface area contributed by atoms with Crippen LogP contribution in [0.25, 0.3) is 0 Å². The van der Waals surface area contributed by atoms with Gasteiger partial charge < -0.3 is 25.4 Å². The molecule has 214 valence electrons. The number of anilines is 3. The molecule has 11 heteroatoms. The number of halogens is 2. The van der Waals surface area contributed by atoms with Crippen molar-refractivity contribution < 1.29 is 14.3 Å². The van der Waals surface area contributed by atoms with Crippen molar-refractivity contribution >= 4 is 46.5 Å². The van der Waals surface area contributed by atoms with E-state index in [1.54, 1.807) is 11.1 Å². The zero-order valence-electron chi connectivity index (χ0n) is 23.1. The number of nitrogen functional groups attached to an aromatic ring is 1. The van der Waals surface area contributed by atoms with Crippen molar-refractivity contribution in [3.63, 3.8) is 0 Å². The van der Waals surface area contributed by atoms with Gasteiger partial charge in [-0.2, -0.15) is 4.98 Å². The van der Waals surface area contributed by atoms with Gasteiger partial charge in [0.2, 0.25) is 5.28 Å². The number of piperidine rings is 1. The number of carbonyl (C=O) groups is 1. The fourth-order valence-electron chi connectivity index (χ4n) is 4.55. The van der Waals surface area contributed by atoms with E-state index in [-0.39, 0.29) is 11.4 Å². The molecule has 1 aliphatic heterocycles. The molecular formula is C29H36Cl2N6O3. The highest BCUT2D eigenvalue weighted by molar-refractivity contribution is 6.33. The number of nitrogens with zero attached hydrogens (tertiary/aromatic N) is 4. The lowest BCUT2D eigenvalue weighted by atomic mass is 9.94. The van der Waals surface area contributed by atoms with Gasteiger partial charge in [-0.05, 0) is 106 Å². The van der Waals surface area contributed by atoms with Gasteiger partial charge in [0, 0.05) is 31.2 Å². The first-order valence-corrected chi connectivity index (χ1v) is 14.2. The molecule has 0 spiro atoms. The van der Waals surface area contributed by atoms with E-state index in [1.807, 2.05) is 51.2 Å². The lowest BCUT2D eigenvalue weighted by Gasteiger charge is -2.33. The van der Waals surface area contributed by atoms with E-state index >= 15 is 0 Å². The van der Waals surface area contributed by atoms with Crippen LogP contribution in [0.2, 0.25) is 10.3 Å². The standard InChI is InChI=1S/C29H36Cl2N6O3/c1-29(2,3)40-28(38)37-11-8-19(9-12-37)10-13-39-25-7-6-23(35-26-24(30)18-34-27(31)36-26)15-21(25)5-4-20-14-22(32)17-33-16-20/h6-7,14-19H,4-5,8-13,32H2,1-3H3,(H,34,35,36). The van der Waals surface area contributed by atoms with Crippen molar-refractivity contribution in [3.05, 3.63) is 64.3 Å². The fraction of sp³-hybridized carbons (Fsp3) is 0.448. The number of likely N-dealkylation sites (tertiary alicyclic amines) is 1. The minimum absolute atomic E-state index is 0.109. The summed E-state index contributed by atoms with van der Waals surface area (Å²) < 4.78 is 11.8. The van der Waals surface area contributed by atoms with E-state index in [2.05, 4.69) is 20.3 Å². The highest BCUT2D eigenvalue weighted by Gasteiger charge is 2.26. The highest BCUT2D eigenvalue weighted by Crippen LogP contribution is 2.30. The van der Waals surface area contributed by atoms with Crippen LogP contribution in [0, 0.1) is 5.92 Å². The Morgan fingerprint density at radius 3 is 2.62 bits per heavy atom. The van der Waals surface area contributed by atoms with E-state index in [0.29, 0.717) is 42.1 Å². The molecule has 0 radical (unpaired) electrons. The number of nitrogens with one attached hydrogen (secondary N) is 1. The number of hydrogen-bond donors (Lipinski definition) is 2. The summed E-state index contributed by atoms with van der Waals surface area (Å²) in [5.41, 5.74) is 8.96. The Morgan fingerprint density at radius 1 is 1.12 bits per heavy atom. The lowest BCUT2D eigenvalue weighted by molar-refractivity contribution is 0.0177. The predicted octanol–water partition coefficient (Wildman–Crippen LogP) is 6.71. The molecular weight excluding hydrogens is 551 g/mol. The molecule has 0 bridgehead atoms. The molecule has 0 atom stereocenters. The second-order valence-corrected chi connectivity index (χ2v) is 11.7. The van der Waals surface area contributed by atoms with Crippen LogP contribution < -0.4 is 15.8 Å². The number of benzene rings is 1. The predicted molar refractivity (Wildman–Crippen MR) is 158 cm³/mol. The number of nitrogens with two attached hydrogens (primary N) is 1. The van der Waals surface area contributed by atoms with Gasteiger partial charge in [0.05, 0.1) is 18.5 Å². The summed E-state index contributed by atoms with van der Waals surface area (Å²) in [6.45, 7) is 7.66. The summed E-state index contributed by atoms with van der Waals surface area (Å²) in [6, 6.07) is 7.84. The average molecular weight is 588 g/mol. The Balaban J connectivity index is 1.38. The van der Waals surface area contributed by atoms with E-state index in [4.69, 9.17) is 38.4 Å². The molecule has 9 nitrogen and oxygen atoms in total. The maximum absolute atomic E-state index is 12.4. The lowest BCUT2D eigenvalue weighted by Crippen LogP contribution is -2.41. The third-order valence-electron chi connectivity index (χ3n) is 6.59. The van der Waals surface area contributed by atoms with E-state index in [0.717, 1.165) is 54.7 Å². The number of hydrogen-bond acceptors (Lipinski definition) is 8. The van der Waals surface area contributed by atoms with Crippen LogP contribution in [-0.2, 0) is 17.6 Å². The Bertz CT molecular complexity index is 1310. The van der Waals surface area contributed by atoms with Gasteiger partial charge in [-0.3, -0.25) is 4.98 Å². The summed E-state index contributed by atoms with van der Waals surface area (Å²) in [6.07, 6.45) is 8.94. The van der Waals surface area contributed by atoms with Crippen LogP contribution in [0.1, 0.15) is 51.2 Å². The van der Waals surface area contributed by atoms with Crippen molar-refractivity contribution in [3.8, 4) is 5.75 Å². The topological polar surface area (TPSA) is 115 Å². The van der Waals surface area contributed by atoms with Gasteiger partial charge >= 0.3 is 6.09 Å². The molecule has 1 fully saturated rings. The van der Waals surface area contributed by atoms with Crippen LogP contribution >= 0.6 is 23.2 Å². The summed E-state index contributed by atoms with van der Waals surface area (Å²) >= 11 is 12.2. The molecule has 1 amide bonds. The van der Waals surface area contributed by atoms with Crippen LogP contribution in [0.15, 0.2) is 42.9 Å². The first-order valence-electron chi connectivity index (χ1n) is 13.4. The minimum Gasteiger partial charge on any atom is -0.493 e. The molecule has 40 heavy (non-hydrogen) atoms. The Morgan fingerprint density at radius 2 is 1.90 bits per heavy atom. The minimum atomic E-state index is -0.484. The number of pyridine rings is 1. The number of aromatic nitrogens is 3. The smallest absolute Gasteiger partial charge is 0.410 e. The molecule has 2 aromatic heterocycles. The zero-order chi connectivity index (χ0) is 28.7. The van der Waals surface area contributed by atoms with Crippen LogP contribution in [-0.4, -0.2) is 51.2 Å². The molecule has 0 aliphatic carbocycles. The van der Waals surface area contributed by atoms with Crippen molar-refractivity contribution in [2.75, 3.05) is 30.7 Å². The third kappa shape index (κ3) is 8.86. The molecule has 1 saturated heterocycles. The first-order chi connectivity index (χ1) is 19.1. The number of aryl methyl sites for hydroxylation is 2. The quantitative estimate of drug-likeness (QED) is 0.266. The van der Waals surface area contributed by atoms with Gasteiger partial charge in [0.1, 0.15) is 16.4 Å². The molecule has 3 aromatic rings. The monoisotopic (exact) mass is 586 g/mol. The summed E-state index contributed by atoms with van der Waals surface area (Å²) in [4.78, 5) is 26.4. The molecule has 0 unspecified atom stereocenters. The molecule has 3 heterocycles. The SMILES string of the molecule is CC(C)(C)OC(=O)N1CCC(CCOc2ccc(Nc3nc(Cl)ncc3Cl)cc2CCc2cncc(N)c2)CC1. The van der Waals surface area contributed by atoms with Crippen LogP contribution in [0.3, 0.4) is 0 Å². The Hall–Kier alpha value is -3.30. The van der Waals surface area contributed by atoms with Gasteiger partial charge in [-0.1, -0.05) is 11.6 Å². The molecule has 4 rings (SSSR count). The fourth-order valence-corrected chi connectivity index (χ4v) is 4.82. The molecule has 1 aromatic carbocycles. The zero-order valence-corrected chi connectivity index (χ0v) is 24.6. The van der Waals surface area contributed by atoms with Crippen molar-refractivity contribution in [1.29, 1.82) is 0 Å². The summed E-state index contributed by atoms with van der Waals surface area (Å²) in [7, 11) is 0. The molecule has 1 aliphatic rings. The van der Waals surface area contributed by atoms with Crippen molar-refractivity contribution in [1.82, 2.24) is 19.9 Å². The molecule has 3 N–H and O–H groups in total. The van der Waals surface area contributed by atoms with Crippen LogP contribution in [0.5, 0.6) is 5.75 Å². The number of ether oxygens (including phenoxy) is 2. The third-order valence-corrected chi connectivity index (χ3v) is 7.05. The van der Waals surface area contributed by atoms with Gasteiger partial charge in [0.25, 0.3) is 0 Å². The maximum atomic E-state index is 12.4. The van der Waals surface area contributed by atoms with Crippen molar-refractivity contribution in [2.24, 2.45) is 5.92 Å². The second-order valence-electron chi connectivity index (χ2n) is 11.0. The van der Waals surface area contributed by atoms with E-state index in [1.165, 1.54) is 6.20 Å². The van der Waals surface area contributed by atoms with E-state index in [9.17, 15) is 4.79 Å². The largest absolute Gasteiger partial charge is 0.493 e. The second kappa shape index (κ2) is 13.4. The maximum Gasteiger partial charge on any atom is 0.410 e. The summed E-state index contributed by atoms with van der Waals surface area (Å²) in [5.74, 6) is 1.74. The van der Waals surface area contributed by atoms with Gasteiger partial charge in [0.15, 0.2) is 5.82 Å². The van der Waals surface area contributed by atoms with E-state index < -0.39 is 5.60 Å². The molecule has 0 saturated carbocycles. The van der Waals surface area contributed by atoms with Gasteiger partial charge in [-0.25, -0.2) is 9.78 Å².